The molecule has 0 aliphatic rings. The molecule has 0 fully saturated rings. The van der Waals surface area contributed by atoms with Gasteiger partial charge < -0.3 is 4.74 Å². The summed E-state index contributed by atoms with van der Waals surface area (Å²) < 4.78 is 5.09. The molecular weight excluding hydrogens is 228 g/mol. The van der Waals surface area contributed by atoms with Crippen molar-refractivity contribution in [2.45, 2.75) is 38.0 Å². The molecule has 0 radical (unpaired) electrons. The Morgan fingerprint density at radius 2 is 1.82 bits per heavy atom. The molecule has 0 saturated carbocycles. The molecule has 0 heterocycles. The Morgan fingerprint density at radius 1 is 1.29 bits per heavy atom. The fraction of sp³-hybridized carbons (Fsp3) is 0.500. The number of ether oxygens (including phenoxy) is 1. The number of rotatable bonds is 9. The Hall–Kier alpha value is -1.09. The minimum absolute atomic E-state index is 0.291. The van der Waals surface area contributed by atoms with E-state index in [1.165, 1.54) is 0 Å². The molecule has 0 aliphatic carbocycles. The van der Waals surface area contributed by atoms with Crippen molar-refractivity contribution in [1.29, 1.82) is 0 Å². The van der Waals surface area contributed by atoms with Gasteiger partial charge in [0.2, 0.25) is 0 Å². The second-order valence-electron chi connectivity index (χ2n) is 4.82. The third-order valence-electron chi connectivity index (χ3n) is 2.78. The van der Waals surface area contributed by atoms with E-state index in [-0.39, 0.29) is 5.97 Å². The van der Waals surface area contributed by atoms with Gasteiger partial charge in [-0.15, -0.1) is 13.2 Å². The number of carbonyl (C=O) groups excluding carboxylic acids is 1. The van der Waals surface area contributed by atoms with Crippen LogP contribution < -0.4 is 0 Å². The van der Waals surface area contributed by atoms with Crippen LogP contribution in [-0.4, -0.2) is 20.7 Å². The fourth-order valence-corrected chi connectivity index (χ4v) is 4.74. The van der Waals surface area contributed by atoms with Gasteiger partial charge in [-0.3, -0.25) is 0 Å². The molecule has 0 rings (SSSR count). The van der Waals surface area contributed by atoms with Crippen LogP contribution in [0.5, 0.6) is 0 Å². The van der Waals surface area contributed by atoms with E-state index >= 15 is 0 Å². The third-order valence-corrected chi connectivity index (χ3v) is 6.89. The normalized spacial score (nSPS) is 10.7. The van der Waals surface area contributed by atoms with Gasteiger partial charge in [0.25, 0.3) is 0 Å². The minimum atomic E-state index is -1.30. The van der Waals surface area contributed by atoms with E-state index in [1.807, 2.05) is 12.2 Å². The SMILES string of the molecule is C=CC[Si](C)(CC=C)CCCOC(=O)C(=C)C. The molecule has 96 valence electrons. The van der Waals surface area contributed by atoms with Crippen LogP contribution in [0.3, 0.4) is 0 Å². The van der Waals surface area contributed by atoms with Crippen LogP contribution in [-0.2, 0) is 9.53 Å². The molecule has 3 heteroatoms. The highest BCUT2D eigenvalue weighted by atomic mass is 28.3. The molecular formula is C14H24O2Si. The van der Waals surface area contributed by atoms with Crippen LogP contribution >= 0.6 is 0 Å². The average Bonchev–Trinajstić information content (AvgIpc) is 2.24. The summed E-state index contributed by atoms with van der Waals surface area (Å²) in [7, 11) is -1.30. The summed E-state index contributed by atoms with van der Waals surface area (Å²) in [6, 6.07) is 3.31. The third kappa shape index (κ3) is 6.95. The zero-order chi connectivity index (χ0) is 13.3. The minimum Gasteiger partial charge on any atom is -0.462 e. The number of carbonyl (C=O) groups is 1. The molecule has 0 aromatic heterocycles. The summed E-state index contributed by atoms with van der Waals surface area (Å²) in [6.07, 6.45) is 4.91. The lowest BCUT2D eigenvalue weighted by molar-refractivity contribution is -0.138. The lowest BCUT2D eigenvalue weighted by Crippen LogP contribution is -2.28. The first-order chi connectivity index (χ1) is 7.95. The molecule has 0 N–H and O–H groups in total. The second-order valence-corrected chi connectivity index (χ2v) is 9.75. The Balaban J connectivity index is 3.98. The quantitative estimate of drug-likeness (QED) is 0.204. The number of hydrogen-bond acceptors (Lipinski definition) is 2. The number of hydrogen-bond donors (Lipinski definition) is 0. The van der Waals surface area contributed by atoms with E-state index in [9.17, 15) is 4.79 Å². The van der Waals surface area contributed by atoms with Crippen LogP contribution in [0, 0.1) is 0 Å². The molecule has 0 saturated heterocycles. The van der Waals surface area contributed by atoms with E-state index in [2.05, 4.69) is 26.3 Å². The van der Waals surface area contributed by atoms with Crippen LogP contribution in [0.15, 0.2) is 37.5 Å². The Kier molecular flexibility index (Phi) is 7.55. The topological polar surface area (TPSA) is 26.3 Å². The van der Waals surface area contributed by atoms with Crippen LogP contribution in [0.1, 0.15) is 13.3 Å². The van der Waals surface area contributed by atoms with Crippen LogP contribution in [0.2, 0.25) is 24.7 Å². The number of allylic oxidation sites excluding steroid dienone is 2. The van der Waals surface area contributed by atoms with Gasteiger partial charge in [-0.25, -0.2) is 4.79 Å². The Morgan fingerprint density at radius 3 is 2.24 bits per heavy atom. The zero-order valence-corrected chi connectivity index (χ0v) is 12.1. The first-order valence-corrected chi connectivity index (χ1v) is 9.12. The number of esters is 1. The summed E-state index contributed by atoms with van der Waals surface area (Å²) in [5.41, 5.74) is 0.460. The van der Waals surface area contributed by atoms with Crippen LogP contribution in [0.25, 0.3) is 0 Å². The lowest BCUT2D eigenvalue weighted by atomic mass is 10.4. The zero-order valence-electron chi connectivity index (χ0n) is 11.1. The molecule has 0 aromatic rings. The molecule has 0 atom stereocenters. The Labute approximate surface area is 106 Å². The first kappa shape index (κ1) is 15.9. The Bertz CT molecular complexity index is 285. The summed E-state index contributed by atoms with van der Waals surface area (Å²) in [4.78, 5) is 11.2. The molecule has 0 bridgehead atoms. The van der Waals surface area contributed by atoms with Crippen LogP contribution in [0.4, 0.5) is 0 Å². The van der Waals surface area contributed by atoms with Gasteiger partial charge in [0, 0.05) is 5.57 Å². The predicted molar refractivity (Wildman–Crippen MR) is 76.8 cm³/mol. The van der Waals surface area contributed by atoms with Crippen molar-refractivity contribution in [3.8, 4) is 0 Å². The summed E-state index contributed by atoms with van der Waals surface area (Å²) in [6.45, 7) is 15.7. The first-order valence-electron chi connectivity index (χ1n) is 5.99. The van der Waals surface area contributed by atoms with Crippen molar-refractivity contribution >= 4 is 14.0 Å². The highest BCUT2D eigenvalue weighted by Gasteiger charge is 2.23. The maximum atomic E-state index is 11.2. The highest BCUT2D eigenvalue weighted by Crippen LogP contribution is 2.23. The van der Waals surface area contributed by atoms with Gasteiger partial charge >= 0.3 is 5.97 Å². The van der Waals surface area contributed by atoms with E-state index in [4.69, 9.17) is 4.74 Å². The molecule has 0 aliphatic heterocycles. The largest absolute Gasteiger partial charge is 0.462 e. The van der Waals surface area contributed by atoms with Crippen molar-refractivity contribution in [1.82, 2.24) is 0 Å². The van der Waals surface area contributed by atoms with E-state index in [1.54, 1.807) is 6.92 Å². The maximum absolute atomic E-state index is 11.2. The smallest absolute Gasteiger partial charge is 0.333 e. The van der Waals surface area contributed by atoms with Crippen molar-refractivity contribution in [2.24, 2.45) is 0 Å². The molecule has 17 heavy (non-hydrogen) atoms. The van der Waals surface area contributed by atoms with Gasteiger partial charge in [0.15, 0.2) is 0 Å². The van der Waals surface area contributed by atoms with Gasteiger partial charge in [0.05, 0.1) is 14.7 Å². The van der Waals surface area contributed by atoms with Gasteiger partial charge in [-0.05, 0) is 25.4 Å². The summed E-state index contributed by atoms with van der Waals surface area (Å²) in [5.74, 6) is -0.291. The van der Waals surface area contributed by atoms with Crippen molar-refractivity contribution in [2.75, 3.05) is 6.61 Å². The van der Waals surface area contributed by atoms with Gasteiger partial charge in [-0.1, -0.05) is 31.3 Å². The van der Waals surface area contributed by atoms with Crippen molar-refractivity contribution in [3.05, 3.63) is 37.5 Å². The van der Waals surface area contributed by atoms with Gasteiger partial charge in [-0.2, -0.15) is 0 Å². The van der Waals surface area contributed by atoms with Gasteiger partial charge in [0.1, 0.15) is 0 Å². The lowest BCUT2D eigenvalue weighted by Gasteiger charge is -2.24. The molecule has 2 nitrogen and oxygen atoms in total. The predicted octanol–water partition coefficient (Wildman–Crippen LogP) is 3.95. The van der Waals surface area contributed by atoms with E-state index in [0.717, 1.165) is 24.6 Å². The average molecular weight is 252 g/mol. The maximum Gasteiger partial charge on any atom is 0.333 e. The van der Waals surface area contributed by atoms with E-state index < -0.39 is 8.07 Å². The molecule has 0 spiro atoms. The van der Waals surface area contributed by atoms with E-state index in [0.29, 0.717) is 12.2 Å². The highest BCUT2D eigenvalue weighted by molar-refractivity contribution is 6.79. The second kappa shape index (κ2) is 8.07. The summed E-state index contributed by atoms with van der Waals surface area (Å²) in [5, 5.41) is 0. The van der Waals surface area contributed by atoms with Crippen molar-refractivity contribution in [3.63, 3.8) is 0 Å². The standard InChI is InChI=1S/C14H24O2Si/c1-6-10-17(5,11-7-2)12-8-9-16-14(15)13(3)4/h6-7H,1-3,8-12H2,4-5H3. The molecule has 0 aromatic carbocycles. The van der Waals surface area contributed by atoms with Crippen molar-refractivity contribution < 1.29 is 9.53 Å². The monoisotopic (exact) mass is 252 g/mol. The fourth-order valence-electron chi connectivity index (χ4n) is 1.77. The molecule has 0 amide bonds. The summed E-state index contributed by atoms with van der Waals surface area (Å²) >= 11 is 0. The molecule has 0 unspecified atom stereocenters.